The summed E-state index contributed by atoms with van der Waals surface area (Å²) in [6, 6.07) is 22.2. The Morgan fingerprint density at radius 3 is 2.42 bits per heavy atom. The Labute approximate surface area is 177 Å². The van der Waals surface area contributed by atoms with E-state index in [2.05, 4.69) is 5.16 Å². The lowest BCUT2D eigenvalue weighted by atomic mass is 10.1. The summed E-state index contributed by atoms with van der Waals surface area (Å²) in [7, 11) is 3.15. The van der Waals surface area contributed by atoms with Crippen LogP contribution in [0.2, 0.25) is 0 Å². The minimum Gasteiger partial charge on any atom is -0.497 e. The molecule has 0 atom stereocenters. The van der Waals surface area contributed by atoms with Crippen LogP contribution in [0.25, 0.3) is 27.7 Å². The van der Waals surface area contributed by atoms with Crippen LogP contribution in [0.15, 0.2) is 82.1 Å². The predicted octanol–water partition coefficient (Wildman–Crippen LogP) is 4.92. The van der Waals surface area contributed by atoms with E-state index in [1.807, 2.05) is 60.7 Å². The molecule has 0 fully saturated rings. The fraction of sp³-hybridized carbons (Fsp3) is 0.0833. The Bertz CT molecular complexity index is 1450. The number of aromatic nitrogens is 2. The van der Waals surface area contributed by atoms with Crippen molar-refractivity contribution in [2.24, 2.45) is 0 Å². The van der Waals surface area contributed by atoms with E-state index in [4.69, 9.17) is 18.7 Å². The lowest BCUT2D eigenvalue weighted by molar-refractivity contribution is 0.351. The molecule has 0 radical (unpaired) electrons. The Kier molecular flexibility index (Phi) is 4.55. The molecular formula is C24H18N2O5. The zero-order chi connectivity index (χ0) is 21.4. The molecule has 0 amide bonds. The number of fused-ring (bicyclic) bond motifs is 3. The topological polar surface area (TPSA) is 75.2 Å². The molecule has 0 saturated carbocycles. The molecule has 7 heteroatoms. The fourth-order valence-electron chi connectivity index (χ4n) is 3.63. The number of methoxy groups -OCH3 is 2. The van der Waals surface area contributed by atoms with Crippen LogP contribution in [0.4, 0.5) is 0 Å². The number of benzene rings is 3. The first-order chi connectivity index (χ1) is 15.2. The molecule has 0 aliphatic carbocycles. The van der Waals surface area contributed by atoms with Gasteiger partial charge in [-0.25, -0.2) is 9.20 Å². The molecular weight excluding hydrogens is 396 g/mol. The third-order valence-corrected chi connectivity index (χ3v) is 5.08. The molecule has 0 unspecified atom stereocenters. The average Bonchev–Trinajstić information content (AvgIpc) is 3.21. The highest BCUT2D eigenvalue weighted by atomic mass is 16.5. The summed E-state index contributed by atoms with van der Waals surface area (Å²) in [5.74, 6) is 1.94. The Morgan fingerprint density at radius 1 is 0.806 bits per heavy atom. The normalized spacial score (nSPS) is 11.0. The molecule has 5 aromatic rings. The number of hydrogen-bond donors (Lipinski definition) is 0. The van der Waals surface area contributed by atoms with Gasteiger partial charge in [-0.2, -0.15) is 0 Å². The first kappa shape index (κ1) is 18.7. The van der Waals surface area contributed by atoms with Crippen molar-refractivity contribution >= 4 is 16.4 Å². The smallest absolute Gasteiger partial charge is 0.445 e. The molecule has 0 N–H and O–H groups in total. The van der Waals surface area contributed by atoms with Crippen LogP contribution in [0.5, 0.6) is 23.0 Å². The highest BCUT2D eigenvalue weighted by molar-refractivity contribution is 5.96. The van der Waals surface area contributed by atoms with E-state index in [0.29, 0.717) is 45.3 Å². The van der Waals surface area contributed by atoms with Crippen molar-refractivity contribution in [3.05, 3.63) is 83.3 Å². The van der Waals surface area contributed by atoms with Gasteiger partial charge in [-0.05, 0) is 42.5 Å². The second kappa shape index (κ2) is 7.53. The summed E-state index contributed by atoms with van der Waals surface area (Å²) in [5, 5.41) is 4.84. The molecule has 2 heterocycles. The van der Waals surface area contributed by atoms with Gasteiger partial charge in [0, 0.05) is 17.0 Å². The van der Waals surface area contributed by atoms with E-state index in [1.54, 1.807) is 26.4 Å². The average molecular weight is 414 g/mol. The van der Waals surface area contributed by atoms with Gasteiger partial charge in [-0.15, -0.1) is 0 Å². The van der Waals surface area contributed by atoms with E-state index in [9.17, 15) is 4.79 Å². The minimum atomic E-state index is -0.585. The number of rotatable bonds is 5. The molecule has 0 aliphatic heterocycles. The maximum Gasteiger partial charge on any atom is 0.445 e. The number of para-hydroxylation sites is 1. The van der Waals surface area contributed by atoms with Gasteiger partial charge < -0.3 is 14.2 Å². The van der Waals surface area contributed by atoms with Gasteiger partial charge in [0.1, 0.15) is 28.7 Å². The van der Waals surface area contributed by atoms with Crippen molar-refractivity contribution in [3.63, 3.8) is 0 Å². The molecule has 2 aromatic heterocycles. The molecule has 0 aliphatic rings. The molecule has 3 aromatic carbocycles. The first-order valence-corrected chi connectivity index (χ1v) is 9.59. The SMILES string of the molecule is COc1ccc(-c2noc(=O)n3c2cc2c(Oc4ccccc4)cccc23)c(OC)c1. The monoisotopic (exact) mass is 414 g/mol. The van der Waals surface area contributed by atoms with E-state index < -0.39 is 5.76 Å². The van der Waals surface area contributed by atoms with Crippen molar-refractivity contribution in [1.29, 1.82) is 0 Å². The standard InChI is InChI=1S/C24H18N2O5/c1-28-16-11-12-17(22(13-16)29-2)23-20-14-18-19(26(20)24(27)31-25-23)9-6-10-21(18)30-15-7-4-3-5-8-15/h3-14H,1-2H3. The largest absolute Gasteiger partial charge is 0.497 e. The molecule has 31 heavy (non-hydrogen) atoms. The van der Waals surface area contributed by atoms with Crippen LogP contribution in [0, 0.1) is 0 Å². The van der Waals surface area contributed by atoms with Gasteiger partial charge in [0.2, 0.25) is 0 Å². The van der Waals surface area contributed by atoms with E-state index in [1.165, 1.54) is 4.40 Å². The lowest BCUT2D eigenvalue weighted by Crippen LogP contribution is -2.12. The van der Waals surface area contributed by atoms with E-state index in [0.717, 1.165) is 5.39 Å². The zero-order valence-corrected chi connectivity index (χ0v) is 16.9. The second-order valence-corrected chi connectivity index (χ2v) is 6.83. The summed E-state index contributed by atoms with van der Waals surface area (Å²) in [5.41, 5.74) is 2.39. The quantitative estimate of drug-likeness (QED) is 0.406. The Morgan fingerprint density at radius 2 is 1.65 bits per heavy atom. The lowest BCUT2D eigenvalue weighted by Gasteiger charge is -2.10. The van der Waals surface area contributed by atoms with Gasteiger partial charge in [-0.3, -0.25) is 4.52 Å². The Hall–Kier alpha value is -4.26. The maximum absolute atomic E-state index is 12.6. The number of nitrogens with zero attached hydrogens (tertiary/aromatic N) is 2. The minimum absolute atomic E-state index is 0.473. The van der Waals surface area contributed by atoms with Crippen molar-refractivity contribution in [1.82, 2.24) is 9.56 Å². The second-order valence-electron chi connectivity index (χ2n) is 6.83. The van der Waals surface area contributed by atoms with Crippen molar-refractivity contribution in [2.45, 2.75) is 0 Å². The maximum atomic E-state index is 12.6. The van der Waals surface area contributed by atoms with Gasteiger partial charge in [0.25, 0.3) is 0 Å². The van der Waals surface area contributed by atoms with E-state index >= 15 is 0 Å². The summed E-state index contributed by atoms with van der Waals surface area (Å²) >= 11 is 0. The third kappa shape index (κ3) is 3.16. The van der Waals surface area contributed by atoms with E-state index in [-0.39, 0.29) is 0 Å². The predicted molar refractivity (Wildman–Crippen MR) is 116 cm³/mol. The van der Waals surface area contributed by atoms with Crippen molar-refractivity contribution < 1.29 is 18.7 Å². The highest BCUT2D eigenvalue weighted by Crippen LogP contribution is 2.37. The zero-order valence-electron chi connectivity index (χ0n) is 16.9. The van der Waals surface area contributed by atoms with Crippen molar-refractivity contribution in [3.8, 4) is 34.3 Å². The first-order valence-electron chi connectivity index (χ1n) is 9.59. The third-order valence-electron chi connectivity index (χ3n) is 5.08. The molecule has 154 valence electrons. The molecule has 5 rings (SSSR count). The van der Waals surface area contributed by atoms with Gasteiger partial charge in [-0.1, -0.05) is 29.4 Å². The summed E-state index contributed by atoms with van der Waals surface area (Å²) in [6.07, 6.45) is 0. The fourth-order valence-corrected chi connectivity index (χ4v) is 3.63. The van der Waals surface area contributed by atoms with Crippen LogP contribution >= 0.6 is 0 Å². The van der Waals surface area contributed by atoms with Crippen LogP contribution < -0.4 is 20.0 Å². The Balaban J connectivity index is 1.76. The number of hydrogen-bond acceptors (Lipinski definition) is 6. The molecule has 0 saturated heterocycles. The van der Waals surface area contributed by atoms with Crippen molar-refractivity contribution in [2.75, 3.05) is 14.2 Å². The summed E-state index contributed by atoms with van der Waals surface area (Å²) in [6.45, 7) is 0. The van der Waals surface area contributed by atoms with Crippen LogP contribution in [0.3, 0.4) is 0 Å². The van der Waals surface area contributed by atoms with Crippen LogP contribution in [-0.2, 0) is 0 Å². The van der Waals surface area contributed by atoms with Crippen LogP contribution in [0.1, 0.15) is 0 Å². The molecule has 0 spiro atoms. The summed E-state index contributed by atoms with van der Waals surface area (Å²) < 4.78 is 23.5. The highest BCUT2D eigenvalue weighted by Gasteiger charge is 2.19. The van der Waals surface area contributed by atoms with Gasteiger partial charge >= 0.3 is 5.76 Å². The summed E-state index contributed by atoms with van der Waals surface area (Å²) in [4.78, 5) is 12.6. The number of ether oxygens (including phenoxy) is 3. The molecule has 0 bridgehead atoms. The van der Waals surface area contributed by atoms with Crippen LogP contribution in [-0.4, -0.2) is 23.8 Å². The van der Waals surface area contributed by atoms with Gasteiger partial charge in [0.05, 0.1) is 25.3 Å². The molecule has 7 nitrogen and oxygen atoms in total. The van der Waals surface area contributed by atoms with Gasteiger partial charge in [0.15, 0.2) is 0 Å².